The normalized spacial score (nSPS) is 17.8. The number of allylic oxidation sites excluding steroid dienone is 2. The van der Waals surface area contributed by atoms with Crippen molar-refractivity contribution in [2.75, 3.05) is 17.2 Å². The van der Waals surface area contributed by atoms with Crippen LogP contribution in [-0.4, -0.2) is 36.4 Å². The second-order valence-corrected chi connectivity index (χ2v) is 10.9. The molecule has 3 N–H and O–H groups in total. The number of carbonyl (C=O) groups is 1. The highest BCUT2D eigenvalue weighted by atomic mass is 32.2. The Morgan fingerprint density at radius 2 is 1.94 bits per heavy atom. The van der Waals surface area contributed by atoms with Gasteiger partial charge in [0, 0.05) is 18.3 Å². The van der Waals surface area contributed by atoms with E-state index in [4.69, 9.17) is 5.73 Å². The highest BCUT2D eigenvalue weighted by Gasteiger charge is 2.39. The monoisotopic (exact) mass is 457 g/mol. The number of pyridine rings is 2. The molecule has 32 heavy (non-hydrogen) atoms. The van der Waals surface area contributed by atoms with E-state index in [0.29, 0.717) is 11.7 Å². The second kappa shape index (κ2) is 8.54. The molecule has 1 fully saturated rings. The average Bonchev–Trinajstić information content (AvgIpc) is 2.98. The predicted octanol–water partition coefficient (Wildman–Crippen LogP) is 3.62. The molecule has 1 unspecified atom stereocenters. The first-order valence-electron chi connectivity index (χ1n) is 10.5. The van der Waals surface area contributed by atoms with Crippen LogP contribution in [0.5, 0.6) is 0 Å². The van der Waals surface area contributed by atoms with Gasteiger partial charge in [0.1, 0.15) is 11.6 Å². The van der Waals surface area contributed by atoms with Gasteiger partial charge in [0.05, 0.1) is 5.56 Å². The number of carbonyl (C=O) groups excluding carboxylic acids is 1. The van der Waals surface area contributed by atoms with Crippen molar-refractivity contribution in [3.63, 3.8) is 0 Å². The Labute approximate surface area is 190 Å². The minimum absolute atomic E-state index is 0.0525. The second-order valence-electron chi connectivity index (χ2n) is 9.29. The number of hydrogen-bond acceptors (Lipinski definition) is 7. The van der Waals surface area contributed by atoms with Crippen LogP contribution in [-0.2, 0) is 10.0 Å². The van der Waals surface area contributed by atoms with E-state index in [0.717, 1.165) is 29.7 Å². The molecule has 1 aliphatic heterocycles. The van der Waals surface area contributed by atoms with Gasteiger partial charge in [-0.3, -0.25) is 4.79 Å². The molecule has 0 spiro atoms. The van der Waals surface area contributed by atoms with Crippen molar-refractivity contribution in [2.45, 2.75) is 58.5 Å². The molecule has 0 aromatic carbocycles. The van der Waals surface area contributed by atoms with Crippen LogP contribution in [0.1, 0.15) is 63.9 Å². The van der Waals surface area contributed by atoms with Gasteiger partial charge >= 0.3 is 0 Å². The maximum absolute atomic E-state index is 13.3. The maximum Gasteiger partial charge on any atom is 0.281 e. The topological polar surface area (TPSA) is 118 Å². The fourth-order valence-corrected chi connectivity index (χ4v) is 5.04. The number of rotatable bonds is 5. The van der Waals surface area contributed by atoms with E-state index in [2.05, 4.69) is 40.4 Å². The summed E-state index contributed by atoms with van der Waals surface area (Å²) in [5, 5.41) is -0.313. The largest absolute Gasteiger partial charge is 0.384 e. The number of anilines is 2. The van der Waals surface area contributed by atoms with E-state index < -0.39 is 15.9 Å². The van der Waals surface area contributed by atoms with Crippen LogP contribution in [0, 0.1) is 5.92 Å². The summed E-state index contributed by atoms with van der Waals surface area (Å²) in [6.45, 7) is 13.0. The van der Waals surface area contributed by atoms with Crippen LogP contribution in [0.2, 0.25) is 0 Å². The molecule has 0 aliphatic carbocycles. The van der Waals surface area contributed by atoms with E-state index in [9.17, 15) is 13.2 Å². The standard InChI is InChI=1S/C23H31N5O3S/c1-14(2)16(4)17-10-18(21(25-12-17)28-13-15(3)11-23(28,5)6)22(29)27-32(30,31)20-9-7-8-19(24)26-20/h7-10,12,15H,11,13H2,1-6H3,(H2,24,26)(H,27,29). The highest BCUT2D eigenvalue weighted by Crippen LogP contribution is 2.38. The van der Waals surface area contributed by atoms with Crippen molar-refractivity contribution in [2.24, 2.45) is 5.92 Å². The summed E-state index contributed by atoms with van der Waals surface area (Å²) in [5.74, 6) is 0.187. The van der Waals surface area contributed by atoms with Gasteiger partial charge in [-0.25, -0.2) is 14.7 Å². The van der Waals surface area contributed by atoms with Crippen molar-refractivity contribution in [1.82, 2.24) is 14.7 Å². The zero-order chi connectivity index (χ0) is 23.8. The zero-order valence-corrected chi connectivity index (χ0v) is 20.2. The molecule has 1 aliphatic rings. The first-order chi connectivity index (χ1) is 14.8. The number of sulfonamides is 1. The Balaban J connectivity index is 2.08. The SMILES string of the molecule is CC(C)=C(C)c1cnc(N2CC(C)CC2(C)C)c(C(=O)NS(=O)(=O)c2cccc(N)n2)c1. The molecule has 3 heterocycles. The summed E-state index contributed by atoms with van der Waals surface area (Å²) in [5.41, 5.74) is 8.43. The number of nitrogens with two attached hydrogens (primary N) is 1. The van der Waals surface area contributed by atoms with E-state index in [1.165, 1.54) is 18.2 Å². The van der Waals surface area contributed by atoms with Crippen LogP contribution in [0.3, 0.4) is 0 Å². The lowest BCUT2D eigenvalue weighted by Gasteiger charge is -2.34. The molecule has 8 nitrogen and oxygen atoms in total. The third kappa shape index (κ3) is 4.77. The molecule has 1 atom stereocenters. The quantitative estimate of drug-likeness (QED) is 0.704. The van der Waals surface area contributed by atoms with Crippen LogP contribution >= 0.6 is 0 Å². The average molecular weight is 458 g/mol. The van der Waals surface area contributed by atoms with Crippen molar-refractivity contribution in [3.05, 3.63) is 47.2 Å². The number of nitrogens with one attached hydrogen (secondary N) is 1. The Kier molecular flexibility index (Phi) is 6.33. The Hall–Kier alpha value is -2.94. The summed E-state index contributed by atoms with van der Waals surface area (Å²) >= 11 is 0. The molecular weight excluding hydrogens is 426 g/mol. The summed E-state index contributed by atoms with van der Waals surface area (Å²) in [7, 11) is -4.21. The minimum Gasteiger partial charge on any atom is -0.384 e. The van der Waals surface area contributed by atoms with Gasteiger partial charge in [-0.2, -0.15) is 8.42 Å². The van der Waals surface area contributed by atoms with E-state index in [1.54, 1.807) is 12.3 Å². The third-order valence-corrected chi connectivity index (χ3v) is 7.10. The highest BCUT2D eigenvalue weighted by molar-refractivity contribution is 7.90. The smallest absolute Gasteiger partial charge is 0.281 e. The summed E-state index contributed by atoms with van der Waals surface area (Å²) < 4.78 is 27.8. The predicted molar refractivity (Wildman–Crippen MR) is 127 cm³/mol. The molecule has 9 heteroatoms. The number of nitrogens with zero attached hydrogens (tertiary/aromatic N) is 3. The molecule has 0 bridgehead atoms. The third-order valence-electron chi connectivity index (χ3n) is 5.87. The zero-order valence-electron chi connectivity index (χ0n) is 19.4. The fraction of sp³-hybridized carbons (Fsp3) is 0.435. The molecule has 3 rings (SSSR count). The van der Waals surface area contributed by atoms with Crippen molar-refractivity contribution < 1.29 is 13.2 Å². The summed E-state index contributed by atoms with van der Waals surface area (Å²) in [6.07, 6.45) is 2.68. The molecule has 1 saturated heterocycles. The molecule has 172 valence electrons. The van der Waals surface area contributed by atoms with Gasteiger partial charge in [-0.1, -0.05) is 18.6 Å². The van der Waals surface area contributed by atoms with Crippen LogP contribution < -0.4 is 15.4 Å². The molecule has 2 aromatic rings. The molecule has 2 aromatic heterocycles. The van der Waals surface area contributed by atoms with Crippen LogP contribution in [0.4, 0.5) is 11.6 Å². The van der Waals surface area contributed by atoms with Gasteiger partial charge in [-0.15, -0.1) is 0 Å². The van der Waals surface area contributed by atoms with E-state index in [-0.39, 0.29) is 21.9 Å². The fourth-order valence-electron chi connectivity index (χ4n) is 4.10. The summed E-state index contributed by atoms with van der Waals surface area (Å²) in [6, 6.07) is 5.95. The van der Waals surface area contributed by atoms with E-state index in [1.807, 2.05) is 20.8 Å². The lowest BCUT2D eigenvalue weighted by molar-refractivity contribution is 0.0981. The Morgan fingerprint density at radius 3 is 2.50 bits per heavy atom. The van der Waals surface area contributed by atoms with Gasteiger partial charge in [0.25, 0.3) is 15.9 Å². The summed E-state index contributed by atoms with van der Waals surface area (Å²) in [4.78, 5) is 23.9. The Bertz CT molecular complexity index is 1180. The van der Waals surface area contributed by atoms with Crippen LogP contribution in [0.25, 0.3) is 5.57 Å². The number of nitrogen functional groups attached to an aromatic ring is 1. The Morgan fingerprint density at radius 1 is 1.25 bits per heavy atom. The van der Waals surface area contributed by atoms with Gasteiger partial charge in [-0.05, 0) is 76.3 Å². The number of amides is 1. The van der Waals surface area contributed by atoms with Crippen molar-refractivity contribution in [3.8, 4) is 0 Å². The number of hydrogen-bond donors (Lipinski definition) is 2. The van der Waals surface area contributed by atoms with Gasteiger partial charge < -0.3 is 10.6 Å². The first-order valence-corrected chi connectivity index (χ1v) is 12.0. The lowest BCUT2D eigenvalue weighted by Crippen LogP contribution is -2.41. The number of aromatic nitrogens is 2. The maximum atomic E-state index is 13.3. The van der Waals surface area contributed by atoms with Crippen LogP contribution in [0.15, 0.2) is 41.1 Å². The van der Waals surface area contributed by atoms with Gasteiger partial charge in [0.2, 0.25) is 0 Å². The minimum atomic E-state index is -4.21. The van der Waals surface area contributed by atoms with Gasteiger partial charge in [0.15, 0.2) is 5.03 Å². The first kappa shape index (κ1) is 23.7. The van der Waals surface area contributed by atoms with E-state index >= 15 is 0 Å². The molecule has 0 saturated carbocycles. The molecule has 1 amide bonds. The van der Waals surface area contributed by atoms with Crippen molar-refractivity contribution in [1.29, 1.82) is 0 Å². The van der Waals surface area contributed by atoms with Crippen molar-refractivity contribution >= 4 is 33.1 Å². The molecular formula is C23H31N5O3S. The molecule has 0 radical (unpaired) electrons. The lowest BCUT2D eigenvalue weighted by atomic mass is 9.97.